The minimum atomic E-state index is -3.24. The zero-order valence-electron chi connectivity index (χ0n) is 14.0. The molecule has 7 nitrogen and oxygen atoms in total. The van der Waals surface area contributed by atoms with Gasteiger partial charge in [-0.3, -0.25) is 0 Å². The molecule has 0 radical (unpaired) electrons. The number of rotatable bonds is 4. The third-order valence-electron chi connectivity index (χ3n) is 3.75. The highest BCUT2D eigenvalue weighted by atomic mass is 32.2. The number of nitrogens with zero attached hydrogens (tertiary/aromatic N) is 5. The van der Waals surface area contributed by atoms with Crippen LogP contribution in [0.1, 0.15) is 10.4 Å². The van der Waals surface area contributed by atoms with E-state index in [0.717, 1.165) is 19.6 Å². The van der Waals surface area contributed by atoms with E-state index in [1.807, 2.05) is 0 Å². The number of aromatic nitrogens is 5. The van der Waals surface area contributed by atoms with Crippen molar-refractivity contribution in [3.63, 3.8) is 0 Å². The molecule has 3 heterocycles. The number of fused-ring (bicyclic) bond motifs is 1. The van der Waals surface area contributed by atoms with Crippen LogP contribution in [0.15, 0.2) is 38.7 Å². The van der Waals surface area contributed by atoms with E-state index in [1.165, 1.54) is 39.8 Å². The van der Waals surface area contributed by atoms with E-state index in [9.17, 15) is 8.42 Å². The number of thiophene rings is 1. The maximum Gasteiger partial charge on any atom is 0.221 e. The molecule has 0 aliphatic heterocycles. The summed E-state index contributed by atoms with van der Waals surface area (Å²) in [6.45, 7) is 4.12. The fourth-order valence-electron chi connectivity index (χ4n) is 2.28. The summed E-state index contributed by atoms with van der Waals surface area (Å²) in [5.74, 6) is 0. The molecule has 26 heavy (non-hydrogen) atoms. The lowest BCUT2D eigenvalue weighted by Crippen LogP contribution is -1.95. The second kappa shape index (κ2) is 6.41. The topological polar surface area (TPSA) is 90.6 Å². The van der Waals surface area contributed by atoms with Crippen molar-refractivity contribution in [2.75, 3.05) is 6.26 Å². The Morgan fingerprint density at radius 3 is 2.65 bits per heavy atom. The van der Waals surface area contributed by atoms with Gasteiger partial charge in [0, 0.05) is 11.1 Å². The van der Waals surface area contributed by atoms with Gasteiger partial charge in [-0.15, -0.1) is 27.8 Å². The lowest BCUT2D eigenvalue weighted by Gasteiger charge is -1.98. The number of thiazole rings is 1. The average molecular weight is 424 g/mol. The van der Waals surface area contributed by atoms with Crippen molar-refractivity contribution in [1.82, 2.24) is 25.2 Å². The highest BCUT2D eigenvalue weighted by molar-refractivity contribution is 8.01. The van der Waals surface area contributed by atoms with Crippen LogP contribution in [0, 0.1) is 13.8 Å². The SMILES string of the molecule is Cc1cc(-n2nnnc2Sc2nc3ccc(S(C)(=O)=O)cc3s2)sc1C. The summed E-state index contributed by atoms with van der Waals surface area (Å²) in [6.07, 6.45) is 1.20. The van der Waals surface area contributed by atoms with Gasteiger partial charge < -0.3 is 0 Å². The predicted molar refractivity (Wildman–Crippen MR) is 103 cm³/mol. The van der Waals surface area contributed by atoms with E-state index in [1.54, 1.807) is 34.2 Å². The number of tetrazole rings is 1. The average Bonchev–Trinajstić information content (AvgIpc) is 3.25. The van der Waals surface area contributed by atoms with Crippen molar-refractivity contribution in [1.29, 1.82) is 0 Å². The summed E-state index contributed by atoms with van der Waals surface area (Å²) in [5, 5.41) is 13.5. The Balaban J connectivity index is 1.69. The Morgan fingerprint density at radius 1 is 1.15 bits per heavy atom. The van der Waals surface area contributed by atoms with Crippen LogP contribution in [0.25, 0.3) is 15.2 Å². The van der Waals surface area contributed by atoms with Crippen LogP contribution in [-0.4, -0.2) is 39.9 Å². The van der Waals surface area contributed by atoms with Gasteiger partial charge in [0.2, 0.25) is 5.16 Å². The smallest absolute Gasteiger partial charge is 0.221 e. The molecule has 3 aromatic heterocycles. The Morgan fingerprint density at radius 2 is 1.96 bits per heavy atom. The summed E-state index contributed by atoms with van der Waals surface area (Å²) >= 11 is 4.41. The van der Waals surface area contributed by atoms with Gasteiger partial charge in [-0.2, -0.15) is 4.68 Å². The fourth-order valence-corrected chi connectivity index (χ4v) is 6.03. The van der Waals surface area contributed by atoms with E-state index in [0.29, 0.717) is 10.1 Å². The first-order valence-electron chi connectivity index (χ1n) is 7.45. The van der Waals surface area contributed by atoms with E-state index in [2.05, 4.69) is 40.4 Å². The molecule has 0 N–H and O–H groups in total. The van der Waals surface area contributed by atoms with Crippen LogP contribution >= 0.6 is 34.4 Å². The first kappa shape index (κ1) is 17.6. The Hall–Kier alpha value is -1.82. The van der Waals surface area contributed by atoms with Gasteiger partial charge in [-0.1, -0.05) is 0 Å². The van der Waals surface area contributed by atoms with Crippen molar-refractivity contribution in [2.24, 2.45) is 0 Å². The Kier molecular flexibility index (Phi) is 4.34. The van der Waals surface area contributed by atoms with E-state index in [4.69, 9.17) is 0 Å². The molecule has 0 fully saturated rings. The monoisotopic (exact) mass is 423 g/mol. The number of hydrogen-bond donors (Lipinski definition) is 0. The molecule has 1 aromatic carbocycles. The van der Waals surface area contributed by atoms with Crippen LogP contribution in [0.2, 0.25) is 0 Å². The van der Waals surface area contributed by atoms with Crippen LogP contribution < -0.4 is 0 Å². The number of benzene rings is 1. The second-order valence-electron chi connectivity index (χ2n) is 5.68. The summed E-state index contributed by atoms with van der Waals surface area (Å²) in [6, 6.07) is 7.01. The second-order valence-corrected chi connectivity index (χ2v) is 11.2. The highest BCUT2D eigenvalue weighted by Crippen LogP contribution is 2.35. The lowest BCUT2D eigenvalue weighted by atomic mass is 10.3. The molecule has 0 bridgehead atoms. The molecule has 4 aromatic rings. The molecule has 0 aliphatic rings. The third-order valence-corrected chi connectivity index (χ3v) is 8.00. The van der Waals surface area contributed by atoms with E-state index < -0.39 is 9.84 Å². The zero-order valence-corrected chi connectivity index (χ0v) is 17.3. The molecule has 0 saturated heterocycles. The van der Waals surface area contributed by atoms with Crippen molar-refractivity contribution in [3.05, 3.63) is 34.7 Å². The summed E-state index contributed by atoms with van der Waals surface area (Å²) < 4.78 is 26.7. The number of hydrogen-bond acceptors (Lipinski definition) is 9. The molecular formula is C15H13N5O2S4. The van der Waals surface area contributed by atoms with Crippen molar-refractivity contribution in [2.45, 2.75) is 28.2 Å². The van der Waals surface area contributed by atoms with Crippen LogP contribution in [0.3, 0.4) is 0 Å². The molecule has 0 aliphatic carbocycles. The molecule has 134 valence electrons. The highest BCUT2D eigenvalue weighted by Gasteiger charge is 2.16. The van der Waals surface area contributed by atoms with Crippen molar-refractivity contribution < 1.29 is 8.42 Å². The molecule has 0 saturated carbocycles. The minimum absolute atomic E-state index is 0.291. The summed E-state index contributed by atoms with van der Waals surface area (Å²) in [4.78, 5) is 6.06. The van der Waals surface area contributed by atoms with Gasteiger partial charge >= 0.3 is 0 Å². The quantitative estimate of drug-likeness (QED) is 0.496. The molecule has 0 unspecified atom stereocenters. The molecule has 0 spiro atoms. The van der Waals surface area contributed by atoms with Crippen LogP contribution in [0.4, 0.5) is 0 Å². The van der Waals surface area contributed by atoms with Gasteiger partial charge in [0.15, 0.2) is 14.2 Å². The van der Waals surface area contributed by atoms with Crippen LogP contribution in [-0.2, 0) is 9.84 Å². The minimum Gasteiger partial charge on any atom is -0.229 e. The van der Waals surface area contributed by atoms with Gasteiger partial charge in [-0.05, 0) is 65.9 Å². The van der Waals surface area contributed by atoms with E-state index >= 15 is 0 Å². The van der Waals surface area contributed by atoms with Crippen LogP contribution in [0.5, 0.6) is 0 Å². The van der Waals surface area contributed by atoms with Gasteiger partial charge in [-0.25, -0.2) is 13.4 Å². The third kappa shape index (κ3) is 3.27. The van der Waals surface area contributed by atoms with Crippen molar-refractivity contribution in [3.8, 4) is 5.00 Å². The summed E-state index contributed by atoms with van der Waals surface area (Å²) in [7, 11) is -3.24. The largest absolute Gasteiger partial charge is 0.229 e. The standard InChI is InChI=1S/C15H13N5O2S4/c1-8-6-13(23-9(8)2)20-14(17-18-19-20)25-15-16-11-5-4-10(26(3,21)22)7-12(11)24-15/h4-7H,1-3H3. The van der Waals surface area contributed by atoms with Gasteiger partial charge in [0.25, 0.3) is 0 Å². The number of sulfone groups is 1. The Bertz CT molecular complexity index is 1200. The molecule has 0 amide bonds. The van der Waals surface area contributed by atoms with Gasteiger partial charge in [0.1, 0.15) is 5.00 Å². The maximum atomic E-state index is 11.7. The molecule has 11 heteroatoms. The summed E-state index contributed by atoms with van der Waals surface area (Å²) in [5.41, 5.74) is 1.96. The van der Waals surface area contributed by atoms with Crippen molar-refractivity contribution >= 4 is 54.5 Å². The van der Waals surface area contributed by atoms with Gasteiger partial charge in [0.05, 0.1) is 15.1 Å². The Labute approximate surface area is 162 Å². The first-order valence-corrected chi connectivity index (χ1v) is 11.8. The molecule has 4 rings (SSSR count). The zero-order chi connectivity index (χ0) is 18.5. The first-order chi connectivity index (χ1) is 12.3. The predicted octanol–water partition coefficient (Wildman–Crippen LogP) is 3.51. The lowest BCUT2D eigenvalue weighted by molar-refractivity contribution is 0.602. The fraction of sp³-hybridized carbons (Fsp3) is 0.200. The normalized spacial score (nSPS) is 12.1. The molecular weight excluding hydrogens is 410 g/mol. The maximum absolute atomic E-state index is 11.7. The molecule has 0 atom stereocenters. The number of aryl methyl sites for hydroxylation is 2. The van der Waals surface area contributed by atoms with E-state index in [-0.39, 0.29) is 0 Å².